The fraction of sp³-hybridized carbons (Fsp3) is 0.0638. The van der Waals surface area contributed by atoms with Gasteiger partial charge < -0.3 is 9.31 Å². The maximum atomic E-state index is 6.25. The number of halogens is 1. The third-order valence-corrected chi connectivity index (χ3v) is 23.4. The third-order valence-electron chi connectivity index (χ3n) is 20.9. The van der Waals surface area contributed by atoms with Crippen molar-refractivity contribution in [2.75, 3.05) is 0 Å². The number of nitrogens with zero attached hydrogens (tertiary/aromatic N) is 8. The van der Waals surface area contributed by atoms with Crippen molar-refractivity contribution in [1.29, 1.82) is 0 Å². The van der Waals surface area contributed by atoms with Crippen LogP contribution in [0.3, 0.4) is 0 Å². The minimum Gasteiger partial charge on any atom is -0.399 e. The summed E-state index contributed by atoms with van der Waals surface area (Å²) in [5.41, 5.74) is 14.9. The van der Waals surface area contributed by atoms with E-state index >= 15 is 0 Å². The van der Waals surface area contributed by atoms with Crippen LogP contribution in [0.5, 0.6) is 0 Å². The molecule has 0 bridgehead atoms. The molecule has 14 heteroatoms. The normalized spacial score (nSPS) is 13.3. The van der Waals surface area contributed by atoms with E-state index in [0.29, 0.717) is 22.8 Å². The molecule has 0 spiro atoms. The van der Waals surface area contributed by atoms with Crippen LogP contribution in [0.15, 0.2) is 315 Å². The van der Waals surface area contributed by atoms with Gasteiger partial charge in [-0.2, -0.15) is 0 Å². The Labute approximate surface area is 635 Å². The van der Waals surface area contributed by atoms with Gasteiger partial charge in [0.1, 0.15) is 0 Å². The average molecular weight is 1450 g/mol. The van der Waals surface area contributed by atoms with Gasteiger partial charge in [0, 0.05) is 69.9 Å². The molecule has 0 atom stereocenters. The molecule has 108 heavy (non-hydrogen) atoms. The molecule has 14 aromatic carbocycles. The van der Waals surface area contributed by atoms with E-state index in [-0.39, 0.29) is 11.2 Å². The van der Waals surface area contributed by atoms with Gasteiger partial charge in [-0.25, -0.2) is 39.9 Å². The zero-order chi connectivity index (χ0) is 72.6. The lowest BCUT2D eigenvalue weighted by molar-refractivity contribution is 0.00578. The van der Waals surface area contributed by atoms with Crippen LogP contribution in [-0.2, 0) is 9.31 Å². The summed E-state index contributed by atoms with van der Waals surface area (Å²) in [6, 6.07) is 109. The molecule has 1 saturated heterocycles. The molecule has 0 aliphatic carbocycles. The van der Waals surface area contributed by atoms with Crippen LogP contribution in [0.4, 0.5) is 0 Å². The van der Waals surface area contributed by atoms with Crippen molar-refractivity contribution in [1.82, 2.24) is 39.9 Å². The molecule has 0 N–H and O–H groups in total. The number of para-hydroxylation sites is 2. The summed E-state index contributed by atoms with van der Waals surface area (Å²) >= 11 is 9.57. The Morgan fingerprint density at radius 3 is 1.09 bits per heavy atom. The lowest BCUT2D eigenvalue weighted by Gasteiger charge is -2.32. The van der Waals surface area contributed by atoms with Crippen LogP contribution in [0.25, 0.3) is 185 Å². The molecule has 514 valence electrons. The van der Waals surface area contributed by atoms with E-state index in [4.69, 9.17) is 50.8 Å². The molecule has 21 rings (SSSR count). The predicted octanol–water partition coefficient (Wildman–Crippen LogP) is 24.5. The Kier molecular flexibility index (Phi) is 16.7. The number of hydrogen-bond acceptors (Lipinski definition) is 12. The average Bonchev–Trinajstić information content (AvgIpc) is 1.23. The van der Waals surface area contributed by atoms with Crippen LogP contribution in [0.1, 0.15) is 27.7 Å². The van der Waals surface area contributed by atoms with Crippen molar-refractivity contribution < 1.29 is 9.31 Å². The topological polar surface area (TPSA) is 122 Å². The second-order valence-electron chi connectivity index (χ2n) is 28.0. The van der Waals surface area contributed by atoms with E-state index < -0.39 is 7.12 Å². The van der Waals surface area contributed by atoms with Crippen molar-refractivity contribution in [2.24, 2.45) is 0 Å². The summed E-state index contributed by atoms with van der Waals surface area (Å²) in [6.07, 6.45) is 0. The molecule has 20 aromatic rings. The van der Waals surface area contributed by atoms with E-state index in [1.54, 1.807) is 22.7 Å². The fourth-order valence-electron chi connectivity index (χ4n) is 14.7. The Morgan fingerprint density at radius 1 is 0.287 bits per heavy atom. The molecule has 1 aliphatic rings. The Bertz CT molecular complexity index is 6900. The first kappa shape index (κ1) is 66.4. The zero-order valence-electron chi connectivity index (χ0n) is 59.2. The highest BCUT2D eigenvalue weighted by atomic mass is 35.5. The van der Waals surface area contributed by atoms with E-state index in [1.165, 1.54) is 52.5 Å². The third kappa shape index (κ3) is 12.0. The predicted molar refractivity (Wildman–Crippen MR) is 451 cm³/mol. The lowest BCUT2D eigenvalue weighted by atomic mass is 9.79. The minimum atomic E-state index is -0.402. The molecular formula is C94H64BClN8O2S2. The molecule has 0 unspecified atom stereocenters. The molecule has 10 nitrogen and oxygen atoms in total. The number of thiophene rings is 2. The molecule has 0 saturated carbocycles. The maximum Gasteiger partial charge on any atom is 0.494 e. The molecule has 7 heterocycles. The van der Waals surface area contributed by atoms with Gasteiger partial charge in [-0.3, -0.25) is 0 Å². The van der Waals surface area contributed by atoms with Crippen LogP contribution in [-0.4, -0.2) is 58.2 Å². The van der Waals surface area contributed by atoms with Crippen molar-refractivity contribution in [2.45, 2.75) is 38.9 Å². The molecular weight excluding hydrogens is 1380 g/mol. The molecule has 0 amide bonds. The van der Waals surface area contributed by atoms with Gasteiger partial charge >= 0.3 is 7.12 Å². The van der Waals surface area contributed by atoms with Crippen molar-refractivity contribution in [3.05, 3.63) is 321 Å². The van der Waals surface area contributed by atoms with Crippen LogP contribution in [0.2, 0.25) is 5.28 Å². The summed E-state index contributed by atoms with van der Waals surface area (Å²) < 4.78 is 17.1. The summed E-state index contributed by atoms with van der Waals surface area (Å²) in [7, 11) is -0.402. The van der Waals surface area contributed by atoms with Crippen LogP contribution >= 0.6 is 34.3 Å². The Morgan fingerprint density at radius 2 is 0.630 bits per heavy atom. The van der Waals surface area contributed by atoms with E-state index in [1.807, 2.05) is 60.7 Å². The zero-order valence-corrected chi connectivity index (χ0v) is 61.6. The number of aromatic nitrogens is 8. The Balaban J connectivity index is 0.000000119. The second kappa shape index (κ2) is 27.2. The Hall–Kier alpha value is -12.3. The van der Waals surface area contributed by atoms with Crippen LogP contribution in [0, 0.1) is 0 Å². The van der Waals surface area contributed by atoms with Crippen molar-refractivity contribution in [3.63, 3.8) is 0 Å². The SMILES string of the molecule is CC1(C)OB(c2ccc(-c3nc(-c4cc5ccccc5c5ccccc45)c4ccccc4n3)cc2)OC1(C)C.Clc1nc(-c2ccccc2)c2sc3ccccc3c2n1.c1ccc(-c2nc(-c3ccc(-c4nc(-c5cc6ccccc6c6ccccc56)c5ccccc5n4)cc3)nc3c2sc2ccccc23)cc1. The molecule has 1 aliphatic heterocycles. The fourth-order valence-corrected chi connectivity index (χ4v) is 17.2. The lowest BCUT2D eigenvalue weighted by Crippen LogP contribution is -2.41. The first-order chi connectivity index (χ1) is 52.9. The van der Waals surface area contributed by atoms with E-state index in [2.05, 4.69) is 292 Å². The monoisotopic (exact) mass is 1450 g/mol. The smallest absolute Gasteiger partial charge is 0.399 e. The standard InChI is InChI=1S/C44H26N4S.C34H29BN2O2.C16H9ClN2S/c1-2-12-27(13-3-1)39-42-41(35-19-9-11-21-38(35)49-42)48-44(46-39)29-24-22-28(23-25-29)43-45-37-20-10-8-18-34(37)40(47-43)36-26-30-14-4-5-15-31(30)32-16-6-7-17-33(32)36;1-33(2)34(3,4)39-35(38-33)24-19-17-22(18-20-24)32-36-30-16-10-9-15-28(30)31(37-32)29-21-23-11-5-6-12-25(23)26-13-7-8-14-27(26)29;17-16-18-13(10-6-2-1-3-7-10)15-14(19-16)11-8-4-5-9-12(11)20-15/h1-26H;5-21H,1-4H3;1-9H. The van der Waals surface area contributed by atoms with Gasteiger partial charge in [0.15, 0.2) is 17.5 Å². The van der Waals surface area contributed by atoms with Gasteiger partial charge in [0.2, 0.25) is 5.28 Å². The number of fused-ring (bicyclic) bond motifs is 14. The largest absolute Gasteiger partial charge is 0.494 e. The van der Waals surface area contributed by atoms with E-state index in [9.17, 15) is 0 Å². The van der Waals surface area contributed by atoms with Gasteiger partial charge in [0.05, 0.1) is 65.4 Å². The first-order valence-corrected chi connectivity index (χ1v) is 38.0. The molecule has 6 aromatic heterocycles. The van der Waals surface area contributed by atoms with Crippen molar-refractivity contribution >= 4 is 152 Å². The van der Waals surface area contributed by atoms with Gasteiger partial charge in [0.25, 0.3) is 0 Å². The molecule has 0 radical (unpaired) electrons. The highest BCUT2D eigenvalue weighted by molar-refractivity contribution is 7.26. The summed E-state index contributed by atoms with van der Waals surface area (Å²) in [5, 5.41) is 14.3. The highest BCUT2D eigenvalue weighted by Crippen LogP contribution is 2.45. The van der Waals surface area contributed by atoms with Gasteiger partial charge in [-0.1, -0.05) is 279 Å². The summed E-state index contributed by atoms with van der Waals surface area (Å²) in [6.45, 7) is 8.29. The highest BCUT2D eigenvalue weighted by Gasteiger charge is 2.51. The second-order valence-corrected chi connectivity index (χ2v) is 30.5. The molecule has 1 fully saturated rings. The van der Waals surface area contributed by atoms with E-state index in [0.717, 1.165) is 120 Å². The summed E-state index contributed by atoms with van der Waals surface area (Å²) in [4.78, 5) is 39.7. The van der Waals surface area contributed by atoms with Crippen molar-refractivity contribution in [3.8, 4) is 79.2 Å². The number of hydrogen-bond donors (Lipinski definition) is 0. The van der Waals surface area contributed by atoms with Gasteiger partial charge in [-0.15, -0.1) is 22.7 Å². The maximum absolute atomic E-state index is 6.25. The van der Waals surface area contributed by atoms with Gasteiger partial charge in [-0.05, 0) is 124 Å². The number of rotatable bonds is 8. The first-order valence-electron chi connectivity index (χ1n) is 36.0. The summed E-state index contributed by atoms with van der Waals surface area (Å²) in [5.74, 6) is 2.08. The van der Waals surface area contributed by atoms with Crippen LogP contribution < -0.4 is 5.46 Å². The minimum absolute atomic E-state index is 0.292. The quantitative estimate of drug-likeness (QED) is 0.0826. The number of benzene rings is 14.